The number of benzene rings is 2. The van der Waals surface area contributed by atoms with Gasteiger partial charge in [0.05, 0.1) is 15.8 Å². The second-order valence-corrected chi connectivity index (χ2v) is 8.58. The Balaban J connectivity index is 1.65. The van der Waals surface area contributed by atoms with E-state index in [1.807, 2.05) is 18.4 Å². The first-order chi connectivity index (χ1) is 14.8. The number of hydrogen-bond donors (Lipinski definition) is 1. The fourth-order valence-corrected chi connectivity index (χ4v) is 4.03. The van der Waals surface area contributed by atoms with Crippen LogP contribution < -0.4 is 10.1 Å². The first kappa shape index (κ1) is 23.7. The minimum Gasteiger partial charge on any atom is -0.481 e. The number of nitrogens with one attached hydrogen (secondary N) is 1. The number of ether oxygens (including phenoxy) is 1. The van der Waals surface area contributed by atoms with Crippen molar-refractivity contribution >= 4 is 58.2 Å². The zero-order valence-electron chi connectivity index (χ0n) is 16.5. The van der Waals surface area contributed by atoms with E-state index >= 15 is 0 Å². The molecule has 2 aromatic carbocycles. The summed E-state index contributed by atoms with van der Waals surface area (Å²) in [6.45, 7) is 4.35. The van der Waals surface area contributed by atoms with Gasteiger partial charge in [0.25, 0.3) is 0 Å². The summed E-state index contributed by atoms with van der Waals surface area (Å²) in [6, 6.07) is 8.95. The predicted molar refractivity (Wildman–Crippen MR) is 122 cm³/mol. The van der Waals surface area contributed by atoms with Crippen molar-refractivity contribution in [3.63, 3.8) is 0 Å². The summed E-state index contributed by atoms with van der Waals surface area (Å²) in [6.07, 6.45) is -0.451. The highest BCUT2D eigenvalue weighted by molar-refractivity contribution is 7.99. The van der Waals surface area contributed by atoms with Crippen molar-refractivity contribution in [2.75, 3.05) is 11.1 Å². The maximum Gasteiger partial charge on any atom is 0.234 e. The first-order valence-electron chi connectivity index (χ1n) is 9.21. The van der Waals surface area contributed by atoms with Crippen LogP contribution in [0.15, 0.2) is 41.6 Å². The third-order valence-corrected chi connectivity index (χ3v) is 5.96. The lowest BCUT2D eigenvalue weighted by Crippen LogP contribution is -2.15. The van der Waals surface area contributed by atoms with Crippen LogP contribution in [-0.2, 0) is 11.3 Å². The molecule has 1 heterocycles. The Morgan fingerprint density at radius 2 is 1.97 bits per heavy atom. The monoisotopic (exact) mass is 502 g/mol. The number of halogens is 4. The van der Waals surface area contributed by atoms with Crippen molar-refractivity contribution in [3.8, 4) is 5.75 Å². The smallest absolute Gasteiger partial charge is 0.234 e. The van der Waals surface area contributed by atoms with Crippen molar-refractivity contribution in [1.29, 1.82) is 0 Å². The third-order valence-electron chi connectivity index (χ3n) is 4.16. The van der Waals surface area contributed by atoms with Crippen LogP contribution in [0.25, 0.3) is 0 Å². The standard InChI is InChI=1S/C20H18Cl3FN4O2S/c1-3-28-19(11(2)30-17-8-12(21)4-6-14(17)22)26-27-20(28)31-10-18(29)25-13-5-7-16(24)15(23)9-13/h4-9,11H,3,10H2,1-2H3,(H,25,29). The van der Waals surface area contributed by atoms with Crippen LogP contribution >= 0.6 is 46.6 Å². The van der Waals surface area contributed by atoms with Gasteiger partial charge < -0.3 is 14.6 Å². The molecule has 11 heteroatoms. The molecule has 1 N–H and O–H groups in total. The van der Waals surface area contributed by atoms with Crippen LogP contribution in [0.2, 0.25) is 15.1 Å². The molecule has 3 aromatic rings. The van der Waals surface area contributed by atoms with Crippen molar-refractivity contribution in [2.24, 2.45) is 0 Å². The van der Waals surface area contributed by atoms with Crippen molar-refractivity contribution in [1.82, 2.24) is 14.8 Å². The normalized spacial score (nSPS) is 11.9. The predicted octanol–water partition coefficient (Wildman–Crippen LogP) is 6.27. The number of carbonyl (C=O) groups is 1. The Hall–Kier alpha value is -2.00. The first-order valence-corrected chi connectivity index (χ1v) is 11.3. The number of carbonyl (C=O) groups excluding carboxylic acids is 1. The molecule has 0 saturated heterocycles. The summed E-state index contributed by atoms with van der Waals surface area (Å²) in [7, 11) is 0. The zero-order valence-corrected chi connectivity index (χ0v) is 19.6. The number of anilines is 1. The molecule has 1 atom stereocenters. The number of nitrogens with zero attached hydrogens (tertiary/aromatic N) is 3. The van der Waals surface area contributed by atoms with Gasteiger partial charge in [-0.3, -0.25) is 4.79 Å². The Labute approximate surface area is 198 Å². The van der Waals surface area contributed by atoms with Gasteiger partial charge in [-0.25, -0.2) is 4.39 Å². The van der Waals surface area contributed by atoms with Gasteiger partial charge in [0.1, 0.15) is 11.6 Å². The lowest BCUT2D eigenvalue weighted by atomic mass is 10.3. The van der Waals surface area contributed by atoms with E-state index in [0.29, 0.717) is 39.0 Å². The molecule has 0 radical (unpaired) electrons. The largest absolute Gasteiger partial charge is 0.481 e. The van der Waals surface area contributed by atoms with Gasteiger partial charge in [0.15, 0.2) is 17.1 Å². The van der Waals surface area contributed by atoms with Gasteiger partial charge in [-0.05, 0) is 44.2 Å². The molecule has 0 bridgehead atoms. The van der Waals surface area contributed by atoms with Crippen molar-refractivity contribution < 1.29 is 13.9 Å². The average Bonchev–Trinajstić information content (AvgIpc) is 3.15. The van der Waals surface area contributed by atoms with Crippen LogP contribution in [0.3, 0.4) is 0 Å². The van der Waals surface area contributed by atoms with Crippen LogP contribution in [0.1, 0.15) is 25.8 Å². The molecule has 1 unspecified atom stereocenters. The summed E-state index contributed by atoms with van der Waals surface area (Å²) < 4.78 is 21.0. The molecule has 0 spiro atoms. The molecule has 6 nitrogen and oxygen atoms in total. The molecule has 164 valence electrons. The summed E-state index contributed by atoms with van der Waals surface area (Å²) in [5.41, 5.74) is 0.412. The Bertz CT molecular complexity index is 1100. The van der Waals surface area contributed by atoms with Gasteiger partial charge in [0.2, 0.25) is 5.91 Å². The van der Waals surface area contributed by atoms with Crippen LogP contribution in [0.4, 0.5) is 10.1 Å². The zero-order chi connectivity index (χ0) is 22.5. The summed E-state index contributed by atoms with van der Waals surface area (Å²) >= 11 is 19.1. The highest BCUT2D eigenvalue weighted by atomic mass is 35.5. The van der Waals surface area contributed by atoms with Gasteiger partial charge in [0, 0.05) is 23.3 Å². The molecular formula is C20H18Cl3FN4O2S. The van der Waals surface area contributed by atoms with Crippen molar-refractivity contribution in [3.05, 3.63) is 63.1 Å². The van der Waals surface area contributed by atoms with Crippen LogP contribution in [0, 0.1) is 5.82 Å². The maximum atomic E-state index is 13.2. The van der Waals surface area contributed by atoms with Gasteiger partial charge in [-0.2, -0.15) is 0 Å². The van der Waals surface area contributed by atoms with Crippen LogP contribution in [0.5, 0.6) is 5.75 Å². The van der Waals surface area contributed by atoms with Crippen LogP contribution in [-0.4, -0.2) is 26.4 Å². The second-order valence-electron chi connectivity index (χ2n) is 6.39. The van der Waals surface area contributed by atoms with Gasteiger partial charge >= 0.3 is 0 Å². The quantitative estimate of drug-likeness (QED) is 0.367. The van der Waals surface area contributed by atoms with E-state index in [9.17, 15) is 9.18 Å². The number of aromatic nitrogens is 3. The number of thioether (sulfide) groups is 1. The molecular weight excluding hydrogens is 486 g/mol. The number of rotatable bonds is 8. The second kappa shape index (κ2) is 10.5. The van der Waals surface area contributed by atoms with E-state index in [2.05, 4.69) is 15.5 Å². The lowest BCUT2D eigenvalue weighted by molar-refractivity contribution is -0.113. The molecule has 1 aromatic heterocycles. The summed E-state index contributed by atoms with van der Waals surface area (Å²) in [5.74, 6) is 0.288. The SMILES string of the molecule is CCn1c(SCC(=O)Nc2ccc(F)c(Cl)c2)nnc1C(C)Oc1cc(Cl)ccc1Cl. The number of amides is 1. The van der Waals surface area contributed by atoms with E-state index in [-0.39, 0.29) is 16.7 Å². The van der Waals surface area contributed by atoms with E-state index in [4.69, 9.17) is 39.5 Å². The van der Waals surface area contributed by atoms with E-state index in [0.717, 1.165) is 0 Å². The molecule has 3 rings (SSSR count). The Morgan fingerprint density at radius 3 is 2.68 bits per heavy atom. The summed E-state index contributed by atoms with van der Waals surface area (Å²) in [5, 5.41) is 12.5. The van der Waals surface area contributed by atoms with E-state index < -0.39 is 11.9 Å². The molecule has 1 amide bonds. The average molecular weight is 504 g/mol. The fraction of sp³-hybridized carbons (Fsp3) is 0.250. The Kier molecular flexibility index (Phi) is 8.05. The minimum absolute atomic E-state index is 0.0605. The highest BCUT2D eigenvalue weighted by Crippen LogP contribution is 2.32. The topological polar surface area (TPSA) is 69.0 Å². The van der Waals surface area contributed by atoms with Crippen molar-refractivity contribution in [2.45, 2.75) is 31.7 Å². The molecule has 31 heavy (non-hydrogen) atoms. The van der Waals surface area contributed by atoms with E-state index in [1.165, 1.54) is 30.0 Å². The molecule has 0 aliphatic heterocycles. The Morgan fingerprint density at radius 1 is 1.19 bits per heavy atom. The highest BCUT2D eigenvalue weighted by Gasteiger charge is 2.20. The minimum atomic E-state index is -0.548. The molecule has 0 aliphatic rings. The fourth-order valence-electron chi connectivity index (χ4n) is 2.72. The molecule has 0 aliphatic carbocycles. The van der Waals surface area contributed by atoms with E-state index in [1.54, 1.807) is 18.2 Å². The third kappa shape index (κ3) is 6.04. The molecule has 0 saturated carbocycles. The van der Waals surface area contributed by atoms with Gasteiger partial charge in [-0.1, -0.05) is 46.6 Å². The van der Waals surface area contributed by atoms with Gasteiger partial charge in [-0.15, -0.1) is 10.2 Å². The summed E-state index contributed by atoms with van der Waals surface area (Å²) in [4.78, 5) is 12.3. The maximum absolute atomic E-state index is 13.2. The number of hydrogen-bond acceptors (Lipinski definition) is 5. The lowest BCUT2D eigenvalue weighted by Gasteiger charge is -2.16. The molecule has 0 fully saturated rings.